The summed E-state index contributed by atoms with van der Waals surface area (Å²) in [5.74, 6) is 0.823. The van der Waals surface area contributed by atoms with Gasteiger partial charge in [-0.1, -0.05) is 0 Å². The van der Waals surface area contributed by atoms with Crippen molar-refractivity contribution in [2.24, 2.45) is 0 Å². The third kappa shape index (κ3) is 4.00. The molecular formula is C22H28N5O3P. The Morgan fingerprint density at radius 2 is 1.94 bits per heavy atom. The number of fused-ring (bicyclic) bond motifs is 1. The molecule has 5 heterocycles. The summed E-state index contributed by atoms with van der Waals surface area (Å²) in [6, 6.07) is 5.86. The number of rotatable bonds is 4. The van der Waals surface area contributed by atoms with Crippen LogP contribution in [-0.4, -0.2) is 66.0 Å². The van der Waals surface area contributed by atoms with Crippen LogP contribution in [0.4, 0.5) is 5.82 Å². The molecule has 5 rings (SSSR count). The Morgan fingerprint density at radius 3 is 2.68 bits per heavy atom. The van der Waals surface area contributed by atoms with E-state index in [0.29, 0.717) is 13.2 Å². The molecule has 1 atom stereocenters. The standard InChI is InChI=1S/C22H28N5O3P/c1-31(2,28)18-15-19(26-10-13-29-14-11-26)25-21-16(18)6-8-23-22(21)17-7-9-24-27(17)20-5-3-4-12-30-20/h6-9,15,20H,3-5,10-14H2,1-2H3. The van der Waals surface area contributed by atoms with Crippen LogP contribution in [0.25, 0.3) is 22.3 Å². The van der Waals surface area contributed by atoms with Gasteiger partial charge in [-0.3, -0.25) is 4.98 Å². The second-order valence-electron chi connectivity index (χ2n) is 8.49. The fourth-order valence-corrected chi connectivity index (χ4v) is 5.54. The van der Waals surface area contributed by atoms with Crippen molar-refractivity contribution in [3.05, 3.63) is 30.6 Å². The van der Waals surface area contributed by atoms with Crippen molar-refractivity contribution in [3.63, 3.8) is 0 Å². The number of pyridine rings is 2. The quantitative estimate of drug-likeness (QED) is 0.575. The fourth-order valence-electron chi connectivity index (χ4n) is 4.36. The van der Waals surface area contributed by atoms with Crippen molar-refractivity contribution in [2.75, 3.05) is 51.1 Å². The van der Waals surface area contributed by atoms with E-state index in [0.717, 1.165) is 72.4 Å². The van der Waals surface area contributed by atoms with Crippen molar-refractivity contribution in [2.45, 2.75) is 25.5 Å². The van der Waals surface area contributed by atoms with Gasteiger partial charge < -0.3 is 18.9 Å². The summed E-state index contributed by atoms with van der Waals surface area (Å²) in [6.45, 7) is 7.22. The topological polar surface area (TPSA) is 82.4 Å². The van der Waals surface area contributed by atoms with Crippen LogP contribution in [0.3, 0.4) is 0 Å². The van der Waals surface area contributed by atoms with E-state index in [1.165, 1.54) is 0 Å². The number of hydrogen-bond donors (Lipinski definition) is 0. The summed E-state index contributed by atoms with van der Waals surface area (Å²) in [5.41, 5.74) is 2.37. The molecule has 3 aromatic heterocycles. The molecule has 0 aromatic carbocycles. The maximum absolute atomic E-state index is 13.2. The minimum Gasteiger partial charge on any atom is -0.378 e. The molecule has 0 amide bonds. The highest BCUT2D eigenvalue weighted by Crippen LogP contribution is 2.40. The lowest BCUT2D eigenvalue weighted by Gasteiger charge is -2.29. The third-order valence-corrected chi connectivity index (χ3v) is 7.48. The van der Waals surface area contributed by atoms with Crippen LogP contribution >= 0.6 is 7.14 Å². The van der Waals surface area contributed by atoms with Crippen LogP contribution in [0, 0.1) is 0 Å². The van der Waals surface area contributed by atoms with Crippen molar-refractivity contribution in [3.8, 4) is 11.4 Å². The summed E-state index contributed by atoms with van der Waals surface area (Å²) in [6.07, 6.45) is 6.58. The smallest absolute Gasteiger partial charge is 0.150 e. The Labute approximate surface area is 181 Å². The lowest BCUT2D eigenvalue weighted by molar-refractivity contribution is -0.0383. The largest absolute Gasteiger partial charge is 0.378 e. The first-order chi connectivity index (χ1) is 15.0. The molecule has 8 nitrogen and oxygen atoms in total. The molecule has 1 unspecified atom stereocenters. The highest BCUT2D eigenvalue weighted by atomic mass is 31.2. The van der Waals surface area contributed by atoms with Crippen molar-refractivity contribution < 1.29 is 14.0 Å². The number of aromatic nitrogens is 4. The number of anilines is 1. The Bertz CT molecular complexity index is 1130. The molecule has 0 bridgehead atoms. The van der Waals surface area contributed by atoms with Gasteiger partial charge in [0.15, 0.2) is 6.23 Å². The molecule has 164 valence electrons. The average Bonchev–Trinajstić information content (AvgIpc) is 3.28. The highest BCUT2D eigenvalue weighted by molar-refractivity contribution is 7.70. The molecule has 31 heavy (non-hydrogen) atoms. The second kappa shape index (κ2) is 8.34. The van der Waals surface area contributed by atoms with Gasteiger partial charge in [-0.15, -0.1) is 0 Å². The molecule has 0 aliphatic carbocycles. The summed E-state index contributed by atoms with van der Waals surface area (Å²) < 4.78 is 26.7. The van der Waals surface area contributed by atoms with Gasteiger partial charge in [0.05, 0.1) is 18.9 Å². The second-order valence-corrected chi connectivity index (χ2v) is 11.7. The van der Waals surface area contributed by atoms with Crippen LogP contribution in [-0.2, 0) is 14.0 Å². The molecule has 2 saturated heterocycles. The van der Waals surface area contributed by atoms with E-state index in [1.54, 1.807) is 12.4 Å². The van der Waals surface area contributed by atoms with E-state index < -0.39 is 7.14 Å². The van der Waals surface area contributed by atoms with Gasteiger partial charge in [0.2, 0.25) is 0 Å². The zero-order valence-electron chi connectivity index (χ0n) is 18.0. The van der Waals surface area contributed by atoms with Crippen molar-refractivity contribution >= 4 is 29.2 Å². The number of hydrogen-bond acceptors (Lipinski definition) is 7. The molecule has 2 aliphatic heterocycles. The summed E-state index contributed by atoms with van der Waals surface area (Å²) in [7, 11) is -2.55. The molecular weight excluding hydrogens is 413 g/mol. The van der Waals surface area contributed by atoms with Crippen molar-refractivity contribution in [1.82, 2.24) is 19.7 Å². The maximum Gasteiger partial charge on any atom is 0.150 e. The molecule has 0 radical (unpaired) electrons. The van der Waals surface area contributed by atoms with Gasteiger partial charge in [0.1, 0.15) is 24.2 Å². The summed E-state index contributed by atoms with van der Waals surface area (Å²) in [4.78, 5) is 11.9. The van der Waals surface area contributed by atoms with Crippen LogP contribution < -0.4 is 10.2 Å². The minimum absolute atomic E-state index is 0.0962. The Balaban J connectivity index is 1.70. The van der Waals surface area contributed by atoms with Crippen LogP contribution in [0.1, 0.15) is 25.5 Å². The fraction of sp³-hybridized carbons (Fsp3) is 0.500. The van der Waals surface area contributed by atoms with Gasteiger partial charge >= 0.3 is 0 Å². The first-order valence-electron chi connectivity index (χ1n) is 10.9. The number of ether oxygens (including phenoxy) is 2. The lowest BCUT2D eigenvalue weighted by Crippen LogP contribution is -2.37. The molecule has 2 aliphatic rings. The summed E-state index contributed by atoms with van der Waals surface area (Å²) in [5, 5.41) is 6.27. The van der Waals surface area contributed by atoms with Crippen LogP contribution in [0.15, 0.2) is 30.6 Å². The Kier molecular flexibility index (Phi) is 5.54. The van der Waals surface area contributed by atoms with Gasteiger partial charge in [-0.25, -0.2) is 9.67 Å². The normalized spacial score (nSPS) is 20.3. The minimum atomic E-state index is -2.55. The molecule has 9 heteroatoms. The average molecular weight is 441 g/mol. The van der Waals surface area contributed by atoms with E-state index >= 15 is 0 Å². The highest BCUT2D eigenvalue weighted by Gasteiger charge is 2.25. The molecule has 0 N–H and O–H groups in total. The summed E-state index contributed by atoms with van der Waals surface area (Å²) >= 11 is 0. The molecule has 2 fully saturated rings. The number of morpholine rings is 1. The molecule has 0 saturated carbocycles. The third-order valence-electron chi connectivity index (χ3n) is 5.95. The number of nitrogens with zero attached hydrogens (tertiary/aromatic N) is 5. The van der Waals surface area contributed by atoms with Crippen LogP contribution in [0.5, 0.6) is 0 Å². The van der Waals surface area contributed by atoms with Crippen LogP contribution in [0.2, 0.25) is 0 Å². The van der Waals surface area contributed by atoms with Crippen molar-refractivity contribution in [1.29, 1.82) is 0 Å². The van der Waals surface area contributed by atoms with Gasteiger partial charge in [-0.2, -0.15) is 5.10 Å². The van der Waals surface area contributed by atoms with E-state index in [1.807, 2.05) is 36.2 Å². The molecule has 0 spiro atoms. The Hall–Kier alpha value is -2.28. The SMILES string of the molecule is CP(C)(=O)c1cc(N2CCOCC2)nc2c(-c3ccnn3C3CCCCO3)nccc12. The zero-order valence-corrected chi connectivity index (χ0v) is 18.9. The zero-order chi connectivity index (χ0) is 21.4. The maximum atomic E-state index is 13.2. The van der Waals surface area contributed by atoms with E-state index in [2.05, 4.69) is 10.00 Å². The predicted molar refractivity (Wildman–Crippen MR) is 122 cm³/mol. The van der Waals surface area contributed by atoms with Gasteiger partial charge in [0, 0.05) is 42.8 Å². The first-order valence-corrected chi connectivity index (χ1v) is 13.5. The van der Waals surface area contributed by atoms with Gasteiger partial charge in [0.25, 0.3) is 0 Å². The van der Waals surface area contributed by atoms with E-state index in [9.17, 15) is 4.57 Å². The van der Waals surface area contributed by atoms with Gasteiger partial charge in [-0.05, 0) is 50.8 Å². The van der Waals surface area contributed by atoms with E-state index in [-0.39, 0.29) is 6.23 Å². The van der Waals surface area contributed by atoms with E-state index in [4.69, 9.17) is 19.4 Å². The lowest BCUT2D eigenvalue weighted by atomic mass is 10.1. The predicted octanol–water partition coefficient (Wildman–Crippen LogP) is 3.28. The molecule has 3 aromatic rings. The Morgan fingerprint density at radius 1 is 1.10 bits per heavy atom. The first kappa shape index (κ1) is 20.6. The monoisotopic (exact) mass is 441 g/mol.